The lowest BCUT2D eigenvalue weighted by Crippen LogP contribution is -2.61. The van der Waals surface area contributed by atoms with E-state index in [-0.39, 0.29) is 30.4 Å². The van der Waals surface area contributed by atoms with Crippen molar-refractivity contribution in [3.05, 3.63) is 24.3 Å². The van der Waals surface area contributed by atoms with Crippen molar-refractivity contribution >= 4 is 17.3 Å². The summed E-state index contributed by atoms with van der Waals surface area (Å²) in [5.41, 5.74) is -2.12. The molecule has 2 aliphatic rings. The van der Waals surface area contributed by atoms with Crippen LogP contribution in [0.1, 0.15) is 136 Å². The lowest BCUT2D eigenvalue weighted by atomic mass is 9.81. The zero-order valence-corrected chi connectivity index (χ0v) is 26.2. The lowest BCUT2D eigenvalue weighted by Gasteiger charge is -2.37. The standard InChI is InChI=1S/C34H59N3O3/c1-29(38)32(2)23-19-15-11-7-5-9-13-17-21-25-34(31(40)28-36-32)26-22-18-14-10-6-8-12-16-20-24-33(3,35-4)30(39)27-37-34/h9-10,13-14,35-37H,5-8,11-12,15-28H2,1-4H3/b13-9-,14-10-/t32-,33+,34-/m0/s1. The van der Waals surface area contributed by atoms with E-state index in [2.05, 4.69) is 40.3 Å². The number of carbonyl (C=O) groups excluding carboxylic acids is 3. The molecule has 0 aromatic heterocycles. The highest BCUT2D eigenvalue weighted by Crippen LogP contribution is 2.26. The summed E-state index contributed by atoms with van der Waals surface area (Å²) < 4.78 is 0. The number of likely N-dealkylation sites (N-methyl/N-ethyl adjacent to an activating group) is 1. The normalized spacial score (nSPS) is 33.8. The molecule has 0 aromatic carbocycles. The molecule has 6 nitrogen and oxygen atoms in total. The number of nitrogens with one attached hydrogen (secondary N) is 3. The molecule has 228 valence electrons. The Bertz CT molecular complexity index is 845. The van der Waals surface area contributed by atoms with Crippen molar-refractivity contribution in [2.75, 3.05) is 20.1 Å². The maximum absolute atomic E-state index is 14.2. The van der Waals surface area contributed by atoms with E-state index in [4.69, 9.17) is 0 Å². The SMILES string of the molecule is CN[C@]1(C)CCCCCC/C=C\CCC[C@]2(CCC/C=C\CCCCCC[C@@](C)(C(C)=O)NCC2=O)NCC1=O. The van der Waals surface area contributed by atoms with Gasteiger partial charge in [-0.15, -0.1) is 0 Å². The molecule has 0 aromatic rings. The zero-order valence-electron chi connectivity index (χ0n) is 26.2. The van der Waals surface area contributed by atoms with Crippen molar-refractivity contribution in [1.82, 2.24) is 16.0 Å². The Hall–Kier alpha value is -1.63. The summed E-state index contributed by atoms with van der Waals surface area (Å²) in [5.74, 6) is 0.261. The lowest BCUT2D eigenvalue weighted by molar-refractivity contribution is -0.128. The summed E-state index contributed by atoms with van der Waals surface area (Å²) in [4.78, 5) is 40.5. The van der Waals surface area contributed by atoms with E-state index in [1.54, 1.807) is 6.92 Å². The van der Waals surface area contributed by atoms with Crippen LogP contribution >= 0.6 is 0 Å². The quantitative estimate of drug-likeness (QED) is 0.335. The molecule has 0 unspecified atom stereocenters. The molecule has 0 fully saturated rings. The highest BCUT2D eigenvalue weighted by molar-refractivity contribution is 5.94. The molecule has 0 saturated heterocycles. The van der Waals surface area contributed by atoms with Gasteiger partial charge in [-0.1, -0.05) is 62.8 Å². The van der Waals surface area contributed by atoms with Crippen LogP contribution < -0.4 is 16.0 Å². The van der Waals surface area contributed by atoms with Crippen LogP contribution in [-0.4, -0.2) is 54.1 Å². The van der Waals surface area contributed by atoms with Crippen LogP contribution in [-0.2, 0) is 14.4 Å². The molecule has 0 saturated carbocycles. The van der Waals surface area contributed by atoms with Gasteiger partial charge in [-0.2, -0.15) is 0 Å². The molecular weight excluding hydrogens is 498 g/mol. The monoisotopic (exact) mass is 557 g/mol. The average Bonchev–Trinajstić information content (AvgIpc) is 2.94. The molecule has 0 radical (unpaired) electrons. The summed E-state index contributed by atoms with van der Waals surface area (Å²) in [6.07, 6.45) is 26.7. The number of Topliss-reactive ketones (excluding diaryl/α,β-unsaturated/α-hetero) is 3. The fraction of sp³-hybridized carbons (Fsp3) is 0.794. The molecule has 0 bridgehead atoms. The second-order valence-corrected chi connectivity index (χ2v) is 12.7. The van der Waals surface area contributed by atoms with Crippen molar-refractivity contribution in [3.63, 3.8) is 0 Å². The summed E-state index contributed by atoms with van der Waals surface area (Å²) in [6.45, 7) is 5.87. The molecule has 3 N–H and O–H groups in total. The first-order valence-corrected chi connectivity index (χ1v) is 16.2. The van der Waals surface area contributed by atoms with Crippen LogP contribution in [0.5, 0.6) is 0 Å². The highest BCUT2D eigenvalue weighted by Gasteiger charge is 2.40. The van der Waals surface area contributed by atoms with E-state index in [1.165, 1.54) is 19.3 Å². The highest BCUT2D eigenvalue weighted by atomic mass is 16.1. The number of ketones is 3. The van der Waals surface area contributed by atoms with Gasteiger partial charge in [0.1, 0.15) is 5.78 Å². The van der Waals surface area contributed by atoms with Crippen molar-refractivity contribution in [2.45, 2.75) is 153 Å². The Morgan fingerprint density at radius 3 is 1.65 bits per heavy atom. The predicted molar refractivity (Wildman–Crippen MR) is 167 cm³/mol. The summed E-state index contributed by atoms with van der Waals surface area (Å²) in [6, 6.07) is 0. The molecule has 2 heterocycles. The largest absolute Gasteiger partial charge is 0.308 e. The van der Waals surface area contributed by atoms with Gasteiger partial charge in [-0.3, -0.25) is 25.0 Å². The average molecular weight is 558 g/mol. The second kappa shape index (κ2) is 18.0. The smallest absolute Gasteiger partial charge is 0.166 e. The number of carbonyl (C=O) groups is 3. The van der Waals surface area contributed by atoms with E-state index >= 15 is 0 Å². The van der Waals surface area contributed by atoms with Crippen molar-refractivity contribution < 1.29 is 14.4 Å². The van der Waals surface area contributed by atoms with Crippen LogP contribution in [0.2, 0.25) is 0 Å². The van der Waals surface area contributed by atoms with Gasteiger partial charge in [-0.05, 0) is 105 Å². The number of hydrogen-bond donors (Lipinski definition) is 3. The van der Waals surface area contributed by atoms with Gasteiger partial charge in [0.2, 0.25) is 0 Å². The molecule has 3 atom stereocenters. The van der Waals surface area contributed by atoms with E-state index in [9.17, 15) is 14.4 Å². The third kappa shape index (κ3) is 11.3. The molecule has 2 rings (SSSR count). The number of rotatable bonds is 2. The van der Waals surface area contributed by atoms with Gasteiger partial charge < -0.3 is 5.32 Å². The van der Waals surface area contributed by atoms with Gasteiger partial charge in [-0.25, -0.2) is 0 Å². The van der Waals surface area contributed by atoms with Gasteiger partial charge in [0.25, 0.3) is 0 Å². The Kier molecular flexibility index (Phi) is 15.6. The molecule has 0 aliphatic carbocycles. The maximum Gasteiger partial charge on any atom is 0.166 e. The summed E-state index contributed by atoms with van der Waals surface area (Å²) in [7, 11) is 1.87. The number of hydrogen-bond acceptors (Lipinski definition) is 6. The Balaban J connectivity index is 2.36. The number of allylic oxidation sites excluding steroid dienone is 4. The minimum atomic E-state index is -0.801. The van der Waals surface area contributed by atoms with Crippen LogP contribution in [0.3, 0.4) is 0 Å². The van der Waals surface area contributed by atoms with Crippen LogP contribution in [0.25, 0.3) is 0 Å². The van der Waals surface area contributed by atoms with E-state index in [1.807, 2.05) is 20.9 Å². The Morgan fingerprint density at radius 1 is 0.650 bits per heavy atom. The van der Waals surface area contributed by atoms with Crippen LogP contribution in [0, 0.1) is 0 Å². The van der Waals surface area contributed by atoms with E-state index in [0.29, 0.717) is 12.8 Å². The van der Waals surface area contributed by atoms with E-state index < -0.39 is 16.6 Å². The van der Waals surface area contributed by atoms with Crippen molar-refractivity contribution in [2.24, 2.45) is 0 Å². The summed E-state index contributed by atoms with van der Waals surface area (Å²) in [5, 5.41) is 10.2. The minimum absolute atomic E-state index is 0.0695. The molecule has 6 heteroatoms. The first-order valence-electron chi connectivity index (χ1n) is 16.2. The molecule has 1 spiro atoms. The third-order valence-corrected chi connectivity index (χ3v) is 9.58. The van der Waals surface area contributed by atoms with Crippen LogP contribution in [0.15, 0.2) is 24.3 Å². The Morgan fingerprint density at radius 2 is 1.12 bits per heavy atom. The third-order valence-electron chi connectivity index (χ3n) is 9.58. The predicted octanol–water partition coefficient (Wildman–Crippen LogP) is 6.53. The van der Waals surface area contributed by atoms with Gasteiger partial charge in [0.05, 0.1) is 29.7 Å². The summed E-state index contributed by atoms with van der Waals surface area (Å²) >= 11 is 0. The van der Waals surface area contributed by atoms with Gasteiger partial charge in [0, 0.05) is 0 Å². The topological polar surface area (TPSA) is 87.3 Å². The Labute approximate surface area is 245 Å². The second-order valence-electron chi connectivity index (χ2n) is 12.7. The maximum atomic E-state index is 14.2. The van der Waals surface area contributed by atoms with Gasteiger partial charge >= 0.3 is 0 Å². The first kappa shape index (κ1) is 34.6. The zero-order chi connectivity index (χ0) is 29.3. The molecule has 0 amide bonds. The first-order chi connectivity index (χ1) is 19.2. The minimum Gasteiger partial charge on any atom is -0.308 e. The van der Waals surface area contributed by atoms with Crippen LogP contribution in [0.4, 0.5) is 0 Å². The van der Waals surface area contributed by atoms with E-state index in [0.717, 1.165) is 83.5 Å². The fourth-order valence-electron chi connectivity index (χ4n) is 6.06. The molecule has 2 aliphatic heterocycles. The van der Waals surface area contributed by atoms with Gasteiger partial charge in [0.15, 0.2) is 11.6 Å². The van der Waals surface area contributed by atoms with Crippen molar-refractivity contribution in [1.29, 1.82) is 0 Å². The van der Waals surface area contributed by atoms with Crippen molar-refractivity contribution in [3.8, 4) is 0 Å². The fourth-order valence-corrected chi connectivity index (χ4v) is 6.06. The molecular formula is C34H59N3O3. The molecule has 40 heavy (non-hydrogen) atoms.